The summed E-state index contributed by atoms with van der Waals surface area (Å²) in [4.78, 5) is 38.7. The van der Waals surface area contributed by atoms with E-state index in [-0.39, 0.29) is 22.6 Å². The largest absolute Gasteiger partial charge is 0.508 e. The maximum atomic E-state index is 13.3. The molecule has 0 aromatic heterocycles. The van der Waals surface area contributed by atoms with Gasteiger partial charge in [0.1, 0.15) is 11.5 Å². The van der Waals surface area contributed by atoms with Crippen LogP contribution in [0.25, 0.3) is 11.1 Å². The molecular weight excluding hydrogens is 432 g/mol. The van der Waals surface area contributed by atoms with Crippen LogP contribution in [-0.2, 0) is 19.1 Å². The molecule has 170 valence electrons. The highest BCUT2D eigenvalue weighted by molar-refractivity contribution is 6.47. The van der Waals surface area contributed by atoms with Gasteiger partial charge in [-0.15, -0.1) is 0 Å². The van der Waals surface area contributed by atoms with Gasteiger partial charge in [0, 0.05) is 6.08 Å². The van der Waals surface area contributed by atoms with E-state index in [9.17, 15) is 39.9 Å². The first-order valence-electron chi connectivity index (χ1n) is 9.72. The first-order chi connectivity index (χ1) is 15.6. The predicted molar refractivity (Wildman–Crippen MR) is 116 cm³/mol. The van der Waals surface area contributed by atoms with Crippen LogP contribution < -0.4 is 0 Å². The van der Waals surface area contributed by atoms with Gasteiger partial charge in [0.15, 0.2) is 11.5 Å². The number of phenolic OH excluding ortho intramolecular Hbond substituents is 2. The molecule has 1 aliphatic carbocycles. The summed E-state index contributed by atoms with van der Waals surface area (Å²) in [7, 11) is 0. The molecule has 0 radical (unpaired) electrons. The lowest BCUT2D eigenvalue weighted by Crippen LogP contribution is -2.25. The highest BCUT2D eigenvalue weighted by Crippen LogP contribution is 2.36. The summed E-state index contributed by atoms with van der Waals surface area (Å²) < 4.78 is 5.16. The first kappa shape index (κ1) is 23.5. The minimum absolute atomic E-state index is 0.0956. The standard InChI is InChI=1S/C24H20O9/c1-12(25)17(28)10-11-18(29)33-24-20(14-4-8-16(27)9-5-14)22(31)21(30)19(23(24)32)13-2-6-15(26)7-3-13/h2-12,17,25-28,30H,1H3/b11-10-/t12-,17+/m0/s1. The zero-order valence-corrected chi connectivity index (χ0v) is 17.3. The van der Waals surface area contributed by atoms with Crippen LogP contribution in [0.4, 0.5) is 0 Å². The van der Waals surface area contributed by atoms with Crippen molar-refractivity contribution in [3.05, 3.63) is 83.3 Å². The third kappa shape index (κ3) is 5.00. The Hall–Kier alpha value is -4.21. The maximum absolute atomic E-state index is 13.3. The number of carbonyl (C=O) groups is 3. The molecule has 9 nitrogen and oxygen atoms in total. The van der Waals surface area contributed by atoms with Gasteiger partial charge in [0.25, 0.3) is 0 Å². The smallest absolute Gasteiger partial charge is 0.336 e. The van der Waals surface area contributed by atoms with Gasteiger partial charge in [-0.2, -0.15) is 0 Å². The Morgan fingerprint density at radius 2 is 1.30 bits per heavy atom. The summed E-state index contributed by atoms with van der Waals surface area (Å²) in [5, 5.41) is 48.5. The number of hydrogen-bond donors (Lipinski definition) is 5. The van der Waals surface area contributed by atoms with Gasteiger partial charge in [-0.05, 0) is 48.4 Å². The van der Waals surface area contributed by atoms with Crippen LogP contribution in [0.15, 0.2) is 72.2 Å². The third-order valence-corrected chi connectivity index (χ3v) is 4.78. The van der Waals surface area contributed by atoms with Crippen molar-refractivity contribution in [1.82, 2.24) is 0 Å². The summed E-state index contributed by atoms with van der Waals surface area (Å²) in [5.41, 5.74) is -0.642. The number of esters is 1. The van der Waals surface area contributed by atoms with E-state index in [0.29, 0.717) is 0 Å². The van der Waals surface area contributed by atoms with Gasteiger partial charge in [-0.1, -0.05) is 24.3 Å². The fourth-order valence-electron chi connectivity index (χ4n) is 3.03. The van der Waals surface area contributed by atoms with Gasteiger partial charge in [0.2, 0.25) is 11.6 Å². The van der Waals surface area contributed by atoms with Crippen LogP contribution >= 0.6 is 0 Å². The highest BCUT2D eigenvalue weighted by atomic mass is 16.5. The molecule has 0 fully saturated rings. The normalized spacial score (nSPS) is 16.3. The van der Waals surface area contributed by atoms with Crippen LogP contribution in [-0.4, -0.2) is 55.3 Å². The van der Waals surface area contributed by atoms with Crippen LogP contribution in [0, 0.1) is 0 Å². The van der Waals surface area contributed by atoms with Crippen molar-refractivity contribution in [2.75, 3.05) is 0 Å². The number of aliphatic hydroxyl groups excluding tert-OH is 3. The Bertz CT molecular complexity index is 1180. The maximum Gasteiger partial charge on any atom is 0.336 e. The second-order valence-corrected chi connectivity index (χ2v) is 7.19. The minimum Gasteiger partial charge on any atom is -0.508 e. The summed E-state index contributed by atoms with van der Waals surface area (Å²) in [5.74, 6) is -4.87. The molecule has 0 bridgehead atoms. The van der Waals surface area contributed by atoms with Crippen molar-refractivity contribution in [1.29, 1.82) is 0 Å². The molecule has 9 heteroatoms. The van der Waals surface area contributed by atoms with Gasteiger partial charge in [-0.3, -0.25) is 9.59 Å². The van der Waals surface area contributed by atoms with Crippen molar-refractivity contribution in [3.8, 4) is 11.5 Å². The summed E-state index contributed by atoms with van der Waals surface area (Å²) in [6.07, 6.45) is -0.797. The average molecular weight is 452 g/mol. The number of ether oxygens (including phenoxy) is 1. The summed E-state index contributed by atoms with van der Waals surface area (Å²) in [6.45, 7) is 1.30. The summed E-state index contributed by atoms with van der Waals surface area (Å²) >= 11 is 0. The van der Waals surface area contributed by atoms with E-state index in [0.717, 1.165) is 12.2 Å². The molecule has 0 saturated heterocycles. The minimum atomic E-state index is -1.37. The molecule has 3 rings (SSSR count). The number of aromatic hydroxyl groups is 2. The Balaban J connectivity index is 2.10. The average Bonchev–Trinajstić information content (AvgIpc) is 2.78. The molecule has 1 aliphatic rings. The molecule has 0 aliphatic heterocycles. The van der Waals surface area contributed by atoms with Crippen molar-refractivity contribution in [2.45, 2.75) is 19.1 Å². The van der Waals surface area contributed by atoms with Crippen molar-refractivity contribution >= 4 is 28.7 Å². The third-order valence-electron chi connectivity index (χ3n) is 4.78. The lowest BCUT2D eigenvalue weighted by atomic mass is 9.86. The number of Topliss-reactive ketones (excluding diaryl/α,β-unsaturated/α-hetero) is 2. The zero-order valence-electron chi connectivity index (χ0n) is 17.3. The van der Waals surface area contributed by atoms with E-state index in [4.69, 9.17) is 4.74 Å². The first-order valence-corrected chi connectivity index (χ1v) is 9.72. The molecule has 2 atom stereocenters. The number of aliphatic hydroxyl groups is 3. The zero-order chi connectivity index (χ0) is 24.3. The fourth-order valence-corrected chi connectivity index (χ4v) is 3.03. The van der Waals surface area contributed by atoms with Crippen LogP contribution in [0.3, 0.4) is 0 Å². The topological polar surface area (TPSA) is 162 Å². The molecule has 0 amide bonds. The van der Waals surface area contributed by atoms with Crippen molar-refractivity contribution in [2.24, 2.45) is 0 Å². The molecule has 0 spiro atoms. The van der Waals surface area contributed by atoms with Crippen LogP contribution in [0.5, 0.6) is 11.5 Å². The number of ketones is 2. The second kappa shape index (κ2) is 9.51. The SMILES string of the molecule is C[C@H](O)[C@H](O)/C=C\C(=O)OC1=C(c2ccc(O)cc2)C(=O)C(O)=C(c2ccc(O)cc2)C1=O. The molecule has 2 aromatic rings. The second-order valence-electron chi connectivity index (χ2n) is 7.19. The Labute approximate surface area is 187 Å². The molecule has 33 heavy (non-hydrogen) atoms. The summed E-state index contributed by atoms with van der Waals surface area (Å²) in [6, 6.07) is 10.2. The van der Waals surface area contributed by atoms with Crippen LogP contribution in [0.2, 0.25) is 0 Å². The predicted octanol–water partition coefficient (Wildman–Crippen LogP) is 1.77. The number of carbonyl (C=O) groups excluding carboxylic acids is 3. The number of allylic oxidation sites excluding steroid dienone is 2. The quantitative estimate of drug-likeness (QED) is 0.250. The van der Waals surface area contributed by atoms with Crippen molar-refractivity contribution in [3.63, 3.8) is 0 Å². The molecule has 0 saturated carbocycles. The molecule has 0 unspecified atom stereocenters. The monoisotopic (exact) mass is 452 g/mol. The van der Waals surface area contributed by atoms with Gasteiger partial charge in [-0.25, -0.2) is 4.79 Å². The lowest BCUT2D eigenvalue weighted by molar-refractivity contribution is -0.136. The van der Waals surface area contributed by atoms with E-state index in [2.05, 4.69) is 0 Å². The van der Waals surface area contributed by atoms with E-state index in [1.165, 1.54) is 55.5 Å². The number of benzene rings is 2. The van der Waals surface area contributed by atoms with Crippen LogP contribution in [0.1, 0.15) is 18.1 Å². The van der Waals surface area contributed by atoms with Gasteiger partial charge in [0.05, 0.1) is 23.4 Å². The number of phenols is 2. The molecule has 0 heterocycles. The van der Waals surface area contributed by atoms with E-state index < -0.39 is 52.4 Å². The fraction of sp³-hybridized carbons (Fsp3) is 0.125. The molecule has 5 N–H and O–H groups in total. The molecule has 2 aromatic carbocycles. The Morgan fingerprint density at radius 3 is 1.79 bits per heavy atom. The Kier molecular flexibility index (Phi) is 6.76. The van der Waals surface area contributed by atoms with Gasteiger partial charge < -0.3 is 30.3 Å². The molecular formula is C24H20O9. The van der Waals surface area contributed by atoms with Crippen molar-refractivity contribution < 1.29 is 44.7 Å². The Morgan fingerprint density at radius 1 is 0.818 bits per heavy atom. The number of rotatable bonds is 6. The van der Waals surface area contributed by atoms with E-state index in [1.807, 2.05) is 0 Å². The van der Waals surface area contributed by atoms with E-state index >= 15 is 0 Å². The van der Waals surface area contributed by atoms with Gasteiger partial charge >= 0.3 is 5.97 Å². The van der Waals surface area contributed by atoms with E-state index in [1.54, 1.807) is 0 Å². The highest BCUT2D eigenvalue weighted by Gasteiger charge is 2.38. The lowest BCUT2D eigenvalue weighted by Gasteiger charge is -2.21. The number of hydrogen-bond acceptors (Lipinski definition) is 9.